The quantitative estimate of drug-likeness (QED) is 0.0980. The van der Waals surface area contributed by atoms with Gasteiger partial charge < -0.3 is 44.0 Å². The second kappa shape index (κ2) is 24.8. The van der Waals surface area contributed by atoms with E-state index in [0.29, 0.717) is 54.3 Å². The fourth-order valence-electron chi connectivity index (χ4n) is 9.25. The van der Waals surface area contributed by atoms with Crippen LogP contribution in [0.25, 0.3) is 11.1 Å². The molecule has 80 heavy (non-hydrogen) atoms. The molecule has 2 aromatic heterocycles. The molecule has 0 radical (unpaired) electrons. The van der Waals surface area contributed by atoms with Gasteiger partial charge in [-0.3, -0.25) is 24.5 Å². The predicted octanol–water partition coefficient (Wildman–Crippen LogP) is 8.95. The number of ether oxygens (including phenoxy) is 3. The Labute approximate surface area is 477 Å². The van der Waals surface area contributed by atoms with Gasteiger partial charge in [0.1, 0.15) is 28.2 Å². The van der Waals surface area contributed by atoms with E-state index in [1.54, 1.807) is 92.5 Å². The van der Waals surface area contributed by atoms with Crippen LogP contribution in [0.1, 0.15) is 80.9 Å². The van der Waals surface area contributed by atoms with Crippen LogP contribution < -0.4 is 35.4 Å². The number of urea groups is 2. The van der Waals surface area contributed by atoms with Crippen molar-refractivity contribution in [3.05, 3.63) is 137 Å². The molecule has 2 unspecified atom stereocenters. The van der Waals surface area contributed by atoms with Crippen LogP contribution in [-0.4, -0.2) is 138 Å². The first-order valence-corrected chi connectivity index (χ1v) is 26.5. The minimum absolute atomic E-state index is 0. The van der Waals surface area contributed by atoms with Crippen molar-refractivity contribution in [3.63, 3.8) is 0 Å². The topological polar surface area (TPSA) is 215 Å². The Kier molecular flexibility index (Phi) is 19.0. The molecule has 22 heteroatoms. The lowest BCUT2D eigenvalue weighted by Crippen LogP contribution is -2.55. The van der Waals surface area contributed by atoms with E-state index in [-0.39, 0.29) is 31.3 Å². The molecule has 3 aliphatic rings. The van der Waals surface area contributed by atoms with Gasteiger partial charge in [0.15, 0.2) is 0 Å². The summed E-state index contributed by atoms with van der Waals surface area (Å²) >= 11 is 3.41. The minimum Gasteiger partial charge on any atom is -0.497 e. The van der Waals surface area contributed by atoms with Crippen LogP contribution in [0.15, 0.2) is 126 Å². The number of halogens is 1. The largest absolute Gasteiger partial charge is 0.498 e. The van der Waals surface area contributed by atoms with E-state index < -0.39 is 41.1 Å². The van der Waals surface area contributed by atoms with Gasteiger partial charge in [0, 0.05) is 85.7 Å². The molecule has 6 aromatic rings. The number of nitrogens with zero attached hydrogens (tertiary/aromatic N) is 7. The van der Waals surface area contributed by atoms with E-state index in [9.17, 15) is 24.0 Å². The standard InChI is InChI=1S/C23H25N5O3.C20H22BrN3O3.C14H23BN2O4.CH4/c1-23(21(29)24-2,18-5-4-6-20(13-18)31-3)28-12-11-27(22(28)30)19-9-7-16(8-10-19)17-14-25-26-15-17;1-20(18(25)22-2,14-5-4-6-17(13-14)27-3)24-12-11-23(19(24)26)16-9-7-15(21)8-10-16;1-12(2,3)19-11(18)17-9-10(8-16-17)15-20-13(4,5)14(6,7)21-15;/h4-10,13-15H,11-12H2,1-3H3,(H,24,29)(H,25,26);4-10,13H,11-12H2,1-3H3,(H,22,25);8-9H,1-7H3;1H4. The Morgan fingerprint density at radius 3 is 1.55 bits per heavy atom. The molecule has 3 saturated heterocycles. The minimum atomic E-state index is -1.17. The van der Waals surface area contributed by atoms with Crippen LogP contribution in [0.4, 0.5) is 25.8 Å². The first kappa shape index (κ1) is 61.5. The molecule has 0 saturated carbocycles. The SMILES string of the molecule is C.CC(C)(C)OC(=O)n1cc(B2OC(C)(C)C(C)(C)O2)cn1.CNC(=O)C(C)(c1cccc(OC)c1)N1CCN(c2ccc(-c3cn[nH]c3)cc2)C1=O.CNC(=O)C(C)(c1cccc(OC)c1)N1CCN(c2ccc(Br)cc2)C1=O. The lowest BCUT2D eigenvalue weighted by molar-refractivity contribution is -0.131. The summed E-state index contributed by atoms with van der Waals surface area (Å²) in [5, 5.41) is 16.2. The van der Waals surface area contributed by atoms with Crippen molar-refractivity contribution in [2.24, 2.45) is 0 Å². The number of anilines is 2. The van der Waals surface area contributed by atoms with Crippen molar-refractivity contribution in [2.45, 2.75) is 97.6 Å². The smallest absolute Gasteiger partial charge is 0.497 e. The zero-order chi connectivity index (χ0) is 57.7. The second-order valence-corrected chi connectivity index (χ2v) is 22.2. The number of likely N-dealkylation sites (N-methyl/N-ethyl adjacent to an activating group) is 2. The van der Waals surface area contributed by atoms with Crippen molar-refractivity contribution >= 4 is 69.9 Å². The van der Waals surface area contributed by atoms with Crippen molar-refractivity contribution in [2.75, 3.05) is 64.3 Å². The average Bonchev–Trinajstić information content (AvgIpc) is 4.48. The van der Waals surface area contributed by atoms with E-state index in [0.717, 1.165) is 31.7 Å². The normalized spacial score (nSPS) is 16.9. The van der Waals surface area contributed by atoms with Gasteiger partial charge in [0.2, 0.25) is 11.8 Å². The Hall–Kier alpha value is -7.69. The molecule has 3 fully saturated rings. The average molecular weight is 1160 g/mol. The van der Waals surface area contributed by atoms with Crippen molar-refractivity contribution in [1.82, 2.24) is 40.4 Å². The van der Waals surface area contributed by atoms with Gasteiger partial charge >= 0.3 is 25.3 Å². The number of hydrogen-bond donors (Lipinski definition) is 3. The number of carbonyl (C=O) groups is 5. The number of aromatic amines is 1. The van der Waals surface area contributed by atoms with Crippen molar-refractivity contribution in [1.29, 1.82) is 0 Å². The van der Waals surface area contributed by atoms with Crippen LogP contribution in [0.3, 0.4) is 0 Å². The number of amides is 6. The second-order valence-electron chi connectivity index (χ2n) is 21.2. The van der Waals surface area contributed by atoms with Crippen LogP contribution >= 0.6 is 15.9 Å². The highest BCUT2D eigenvalue weighted by molar-refractivity contribution is 9.10. The van der Waals surface area contributed by atoms with Crippen LogP contribution in [0.2, 0.25) is 0 Å². The summed E-state index contributed by atoms with van der Waals surface area (Å²) in [6.07, 6.45) is 6.19. The third-order valence-electron chi connectivity index (χ3n) is 14.6. The van der Waals surface area contributed by atoms with E-state index >= 15 is 0 Å². The van der Waals surface area contributed by atoms with Gasteiger partial charge in [-0.05, 0) is 140 Å². The molecule has 0 bridgehead atoms. The van der Waals surface area contributed by atoms with E-state index in [2.05, 4.69) is 41.9 Å². The van der Waals surface area contributed by atoms with Crippen molar-refractivity contribution in [3.8, 4) is 22.6 Å². The molecule has 0 spiro atoms. The Morgan fingerprint density at radius 1 is 0.675 bits per heavy atom. The van der Waals surface area contributed by atoms with Gasteiger partial charge in [-0.2, -0.15) is 14.9 Å². The molecular formula is C58H74BBrN10O10. The number of H-pyrrole nitrogens is 1. The molecule has 426 valence electrons. The zero-order valence-electron chi connectivity index (χ0n) is 47.0. The highest BCUT2D eigenvalue weighted by Crippen LogP contribution is 2.39. The maximum Gasteiger partial charge on any atom is 0.498 e. The molecule has 4 aromatic carbocycles. The fraction of sp³-hybridized carbons (Fsp3) is 0.397. The molecule has 0 aliphatic carbocycles. The first-order chi connectivity index (χ1) is 37.3. The van der Waals surface area contributed by atoms with E-state index in [4.69, 9.17) is 23.5 Å². The number of benzene rings is 4. The maximum atomic E-state index is 13.4. The molecule has 6 amide bonds. The molecular weight excluding hydrogens is 1090 g/mol. The summed E-state index contributed by atoms with van der Waals surface area (Å²) in [6.45, 7) is 18.7. The number of rotatable bonds is 12. The Morgan fingerprint density at radius 2 is 1.14 bits per heavy atom. The number of methoxy groups -OCH3 is 2. The lowest BCUT2D eigenvalue weighted by Gasteiger charge is -2.37. The number of carbonyl (C=O) groups excluding carboxylic acids is 5. The van der Waals surface area contributed by atoms with Gasteiger partial charge in [-0.25, -0.2) is 14.4 Å². The molecule has 9 rings (SSSR count). The first-order valence-electron chi connectivity index (χ1n) is 25.7. The molecule has 3 aliphatic heterocycles. The molecule has 3 N–H and O–H groups in total. The van der Waals surface area contributed by atoms with Gasteiger partial charge in [0.05, 0.1) is 31.6 Å². The third kappa shape index (κ3) is 12.8. The lowest BCUT2D eigenvalue weighted by atomic mass is 9.82. The summed E-state index contributed by atoms with van der Waals surface area (Å²) in [5.41, 5.74) is 1.92. The maximum absolute atomic E-state index is 13.4. The number of nitrogens with one attached hydrogen (secondary N) is 3. The predicted molar refractivity (Wildman–Crippen MR) is 312 cm³/mol. The summed E-state index contributed by atoms with van der Waals surface area (Å²) < 4.78 is 29.8. The summed E-state index contributed by atoms with van der Waals surface area (Å²) in [6, 6.07) is 29.4. The van der Waals surface area contributed by atoms with E-state index in [1.807, 2.05) is 140 Å². The Bertz CT molecular complexity index is 3120. The molecule has 2 atom stereocenters. The Balaban J connectivity index is 0.000000196. The van der Waals surface area contributed by atoms with Crippen LogP contribution in [0.5, 0.6) is 11.5 Å². The summed E-state index contributed by atoms with van der Waals surface area (Å²) in [7, 11) is 5.77. The highest BCUT2D eigenvalue weighted by atomic mass is 79.9. The number of hydrogen-bond acceptors (Lipinski definition) is 12. The van der Waals surface area contributed by atoms with Crippen LogP contribution in [-0.2, 0) is 34.7 Å². The van der Waals surface area contributed by atoms with Gasteiger partial charge in [0.25, 0.3) is 0 Å². The summed E-state index contributed by atoms with van der Waals surface area (Å²) in [5.74, 6) is 0.762. The molecule has 20 nitrogen and oxygen atoms in total. The monoisotopic (exact) mass is 1160 g/mol. The number of aromatic nitrogens is 4. The van der Waals surface area contributed by atoms with E-state index in [1.165, 1.54) is 0 Å². The fourth-order valence-corrected chi connectivity index (χ4v) is 9.51. The molecule has 5 heterocycles. The highest BCUT2D eigenvalue weighted by Gasteiger charge is 2.53. The van der Waals surface area contributed by atoms with Crippen molar-refractivity contribution < 1.29 is 47.5 Å². The summed E-state index contributed by atoms with van der Waals surface area (Å²) in [4.78, 5) is 71.1. The van der Waals surface area contributed by atoms with Gasteiger partial charge in [-0.15, -0.1) is 0 Å². The van der Waals surface area contributed by atoms with Gasteiger partial charge in [-0.1, -0.05) is 59.8 Å². The van der Waals surface area contributed by atoms with Crippen LogP contribution in [0, 0.1) is 0 Å². The third-order valence-corrected chi connectivity index (χ3v) is 15.1. The zero-order valence-corrected chi connectivity index (χ0v) is 48.6.